The molecule has 144 valence electrons. The third kappa shape index (κ3) is 6.09. The summed E-state index contributed by atoms with van der Waals surface area (Å²) in [5, 5.41) is 2.73. The van der Waals surface area contributed by atoms with E-state index in [2.05, 4.69) is 12.2 Å². The highest BCUT2D eigenvalue weighted by Gasteiger charge is 2.32. The van der Waals surface area contributed by atoms with E-state index in [9.17, 15) is 14.0 Å². The second-order valence-electron chi connectivity index (χ2n) is 8.33. The van der Waals surface area contributed by atoms with Crippen molar-refractivity contribution in [3.63, 3.8) is 0 Å². The number of carbonyl (C=O) groups is 2. The van der Waals surface area contributed by atoms with E-state index in [1.54, 1.807) is 4.90 Å². The van der Waals surface area contributed by atoms with Gasteiger partial charge in [-0.1, -0.05) is 6.92 Å². The zero-order valence-electron chi connectivity index (χ0n) is 16.3. The van der Waals surface area contributed by atoms with Gasteiger partial charge in [-0.3, -0.25) is 9.59 Å². The van der Waals surface area contributed by atoms with Gasteiger partial charge in [-0.05, 0) is 57.9 Å². The van der Waals surface area contributed by atoms with E-state index in [0.717, 1.165) is 19.5 Å². The summed E-state index contributed by atoms with van der Waals surface area (Å²) >= 11 is 0. The van der Waals surface area contributed by atoms with Crippen molar-refractivity contribution in [1.29, 1.82) is 0 Å². The van der Waals surface area contributed by atoms with Gasteiger partial charge < -0.3 is 15.1 Å². The van der Waals surface area contributed by atoms with E-state index in [1.807, 2.05) is 20.8 Å². The van der Waals surface area contributed by atoms with Crippen LogP contribution in [0.5, 0.6) is 0 Å². The Balaban J connectivity index is 1.98. The minimum absolute atomic E-state index is 0.00384. The molecular weight excluding hydrogens is 333 g/mol. The number of hydrogen-bond acceptors (Lipinski definition) is 2. The van der Waals surface area contributed by atoms with E-state index < -0.39 is 5.54 Å². The Morgan fingerprint density at radius 2 is 1.92 bits per heavy atom. The molecule has 0 radical (unpaired) electrons. The molecule has 1 aromatic carbocycles. The quantitative estimate of drug-likeness (QED) is 0.836. The molecule has 2 atom stereocenters. The zero-order valence-corrected chi connectivity index (χ0v) is 16.3. The van der Waals surface area contributed by atoms with Crippen LogP contribution in [0.1, 0.15) is 40.5 Å². The third-order valence-corrected chi connectivity index (χ3v) is 4.81. The van der Waals surface area contributed by atoms with E-state index in [1.165, 1.54) is 35.6 Å². The molecule has 1 aliphatic heterocycles. The summed E-state index contributed by atoms with van der Waals surface area (Å²) < 4.78 is 13.0. The number of nitrogens with one attached hydrogen (secondary N) is 2. The Morgan fingerprint density at radius 3 is 2.50 bits per heavy atom. The predicted molar refractivity (Wildman–Crippen MR) is 100 cm³/mol. The predicted octanol–water partition coefficient (Wildman–Crippen LogP) is 1.71. The van der Waals surface area contributed by atoms with E-state index >= 15 is 0 Å². The number of anilines is 1. The van der Waals surface area contributed by atoms with Crippen molar-refractivity contribution in [3.05, 3.63) is 30.1 Å². The summed E-state index contributed by atoms with van der Waals surface area (Å²) in [6.07, 6.45) is 2.37. The number of carbonyl (C=O) groups excluding carboxylic acids is 2. The Kier molecular flexibility index (Phi) is 6.75. The first-order chi connectivity index (χ1) is 12.1. The van der Waals surface area contributed by atoms with Crippen molar-refractivity contribution < 1.29 is 18.9 Å². The van der Waals surface area contributed by atoms with E-state index in [0.29, 0.717) is 18.2 Å². The third-order valence-electron chi connectivity index (χ3n) is 4.81. The summed E-state index contributed by atoms with van der Waals surface area (Å²) in [4.78, 5) is 28.2. The Morgan fingerprint density at radius 1 is 1.27 bits per heavy atom. The van der Waals surface area contributed by atoms with Gasteiger partial charge in [0.25, 0.3) is 5.91 Å². The molecule has 0 spiro atoms. The van der Waals surface area contributed by atoms with Gasteiger partial charge in [0.15, 0.2) is 6.54 Å². The summed E-state index contributed by atoms with van der Waals surface area (Å²) in [5.74, 6) is 0.00222. The average molecular weight is 364 g/mol. The van der Waals surface area contributed by atoms with Gasteiger partial charge in [-0.25, -0.2) is 4.39 Å². The molecule has 2 amide bonds. The summed E-state index contributed by atoms with van der Waals surface area (Å²) in [5.41, 5.74) is 0.0751. The van der Waals surface area contributed by atoms with Crippen molar-refractivity contribution in [2.75, 3.05) is 31.5 Å². The molecule has 0 saturated carbocycles. The molecule has 0 bridgehead atoms. The van der Waals surface area contributed by atoms with Crippen molar-refractivity contribution in [2.45, 2.75) is 46.1 Å². The monoisotopic (exact) mass is 364 g/mol. The standard InChI is InChI=1S/C20H30FN3O2/c1-15-6-5-11-23(12-15)14-19(26)24(20(2,3)4)13-18(25)22-17-9-7-16(21)8-10-17/h7-10,15H,5-6,11-14H2,1-4H3,(H,22,25)/p+1/t15-/m1/s1. The lowest BCUT2D eigenvalue weighted by Crippen LogP contribution is -3.14. The second-order valence-corrected chi connectivity index (χ2v) is 8.33. The molecule has 6 heteroatoms. The molecule has 0 aliphatic carbocycles. The topological polar surface area (TPSA) is 53.9 Å². The lowest BCUT2D eigenvalue weighted by molar-refractivity contribution is -0.900. The Hall–Kier alpha value is -1.95. The van der Waals surface area contributed by atoms with Crippen molar-refractivity contribution in [3.8, 4) is 0 Å². The average Bonchev–Trinajstić information content (AvgIpc) is 2.53. The highest BCUT2D eigenvalue weighted by molar-refractivity contribution is 5.94. The molecule has 1 aliphatic rings. The van der Waals surface area contributed by atoms with Crippen molar-refractivity contribution in [2.24, 2.45) is 5.92 Å². The Labute approximate surface area is 155 Å². The fourth-order valence-corrected chi connectivity index (χ4v) is 3.44. The first-order valence-corrected chi connectivity index (χ1v) is 9.34. The van der Waals surface area contributed by atoms with E-state index in [-0.39, 0.29) is 24.2 Å². The number of hydrogen-bond donors (Lipinski definition) is 2. The maximum Gasteiger partial charge on any atom is 0.278 e. The van der Waals surface area contributed by atoms with E-state index in [4.69, 9.17) is 0 Å². The first-order valence-electron chi connectivity index (χ1n) is 9.34. The lowest BCUT2D eigenvalue weighted by Gasteiger charge is -2.36. The fourth-order valence-electron chi connectivity index (χ4n) is 3.44. The van der Waals surface area contributed by atoms with Gasteiger partial charge in [0.05, 0.1) is 13.1 Å². The molecule has 1 saturated heterocycles. The molecule has 0 aromatic heterocycles. The van der Waals surface area contributed by atoms with Crippen LogP contribution in [-0.4, -0.2) is 48.4 Å². The minimum Gasteiger partial charge on any atom is -0.327 e. The van der Waals surface area contributed by atoms with Crippen LogP contribution in [-0.2, 0) is 9.59 Å². The molecule has 1 heterocycles. The van der Waals surface area contributed by atoms with Gasteiger partial charge in [-0.2, -0.15) is 0 Å². The summed E-state index contributed by atoms with van der Waals surface area (Å²) in [7, 11) is 0. The van der Waals surface area contributed by atoms with Crippen LogP contribution in [0.3, 0.4) is 0 Å². The smallest absolute Gasteiger partial charge is 0.278 e. The van der Waals surface area contributed by atoms with Gasteiger partial charge in [0.1, 0.15) is 12.4 Å². The molecule has 1 fully saturated rings. The number of amides is 2. The van der Waals surface area contributed by atoms with Crippen LogP contribution in [0, 0.1) is 11.7 Å². The van der Waals surface area contributed by atoms with Gasteiger partial charge in [0, 0.05) is 17.1 Å². The number of rotatable bonds is 5. The summed E-state index contributed by atoms with van der Waals surface area (Å²) in [6.45, 7) is 10.5. The molecular formula is C20H31FN3O2+. The lowest BCUT2D eigenvalue weighted by atomic mass is 10.00. The van der Waals surface area contributed by atoms with Crippen LogP contribution >= 0.6 is 0 Å². The Bertz CT molecular complexity index is 625. The molecule has 26 heavy (non-hydrogen) atoms. The van der Waals surface area contributed by atoms with Crippen LogP contribution in [0.15, 0.2) is 24.3 Å². The normalized spacial score (nSPS) is 20.5. The molecule has 2 N–H and O–H groups in total. The summed E-state index contributed by atoms with van der Waals surface area (Å²) in [6, 6.07) is 5.61. The number of nitrogens with zero attached hydrogens (tertiary/aromatic N) is 1. The highest BCUT2D eigenvalue weighted by atomic mass is 19.1. The number of halogens is 1. The van der Waals surface area contributed by atoms with Gasteiger partial charge in [-0.15, -0.1) is 0 Å². The first kappa shape index (κ1) is 20.4. The minimum atomic E-state index is -0.446. The van der Waals surface area contributed by atoms with Crippen molar-refractivity contribution >= 4 is 17.5 Å². The SMILES string of the molecule is C[C@@H]1CCC[NH+](CC(=O)N(CC(=O)Nc2ccc(F)cc2)C(C)(C)C)C1. The fraction of sp³-hybridized carbons (Fsp3) is 0.600. The second kappa shape index (κ2) is 8.62. The molecule has 1 aromatic rings. The maximum absolute atomic E-state index is 13.0. The zero-order chi connectivity index (χ0) is 19.3. The molecule has 2 rings (SSSR count). The number of benzene rings is 1. The van der Waals surface area contributed by atoms with Crippen LogP contribution in [0.2, 0.25) is 0 Å². The largest absolute Gasteiger partial charge is 0.327 e. The number of likely N-dealkylation sites (tertiary alicyclic amines) is 1. The molecule has 1 unspecified atom stereocenters. The van der Waals surface area contributed by atoms with Gasteiger partial charge in [0.2, 0.25) is 5.91 Å². The van der Waals surface area contributed by atoms with Crippen LogP contribution < -0.4 is 10.2 Å². The highest BCUT2D eigenvalue weighted by Crippen LogP contribution is 2.14. The van der Waals surface area contributed by atoms with Crippen LogP contribution in [0.25, 0.3) is 0 Å². The maximum atomic E-state index is 13.0. The number of piperidine rings is 1. The number of quaternary nitrogens is 1. The molecule has 5 nitrogen and oxygen atoms in total. The van der Waals surface area contributed by atoms with Crippen molar-refractivity contribution in [1.82, 2.24) is 4.90 Å². The van der Waals surface area contributed by atoms with Crippen LogP contribution in [0.4, 0.5) is 10.1 Å². The van der Waals surface area contributed by atoms with Gasteiger partial charge >= 0.3 is 0 Å².